The number of hydrogen-bond donors (Lipinski definition) is 2. The highest BCUT2D eigenvalue weighted by Crippen LogP contribution is 2.23. The number of ketones is 5. The molecule has 0 aromatic rings. The van der Waals surface area contributed by atoms with Gasteiger partial charge in [-0.1, -0.05) is 111 Å². The minimum atomic E-state index is -0.402. The zero-order valence-electron chi connectivity index (χ0n) is 35.3. The second-order valence-corrected chi connectivity index (χ2v) is 19.6. The van der Waals surface area contributed by atoms with Crippen LogP contribution in [0.3, 0.4) is 0 Å². The van der Waals surface area contributed by atoms with Gasteiger partial charge in [0.25, 0.3) is 0 Å². The van der Waals surface area contributed by atoms with Gasteiger partial charge in [0, 0.05) is 47.7 Å². The maximum Gasteiger partial charge on any atom is 0.227 e. The van der Waals surface area contributed by atoms with Gasteiger partial charge in [-0.15, -0.1) is 0 Å². The highest BCUT2D eigenvalue weighted by Gasteiger charge is 2.29. The topological polar surface area (TPSA) is 145 Å². The van der Waals surface area contributed by atoms with Crippen LogP contribution >= 0.6 is 0 Å². The van der Waals surface area contributed by atoms with Crippen LogP contribution in [0, 0.1) is 27.1 Å². The van der Waals surface area contributed by atoms with Gasteiger partial charge in [-0.05, 0) is 31.6 Å². The molecule has 0 aliphatic rings. The molecule has 0 spiro atoms. The van der Waals surface area contributed by atoms with Crippen molar-refractivity contribution in [2.24, 2.45) is 27.1 Å². The summed E-state index contributed by atoms with van der Waals surface area (Å²) >= 11 is 0. The Hall–Kier alpha value is -2.30. The highest BCUT2D eigenvalue weighted by atomic mass is 16.5. The lowest BCUT2D eigenvalue weighted by molar-refractivity contribution is -0.135. The molecule has 0 fully saturated rings. The summed E-state index contributed by atoms with van der Waals surface area (Å²) in [6, 6.07) is 0. The number of hydrogen-bond acceptors (Lipinski definition) is 9. The zero-order chi connectivity index (χ0) is 40.4. The third kappa shape index (κ3) is 38.8. The summed E-state index contributed by atoms with van der Waals surface area (Å²) in [5, 5.41) is 5.92. The molecule has 0 heterocycles. The molecule has 10 heteroatoms. The molecule has 0 saturated carbocycles. The first-order chi connectivity index (χ1) is 22.1. The van der Waals surface area contributed by atoms with E-state index in [1.807, 2.05) is 104 Å². The highest BCUT2D eigenvalue weighted by molar-refractivity contribution is 6.03. The van der Waals surface area contributed by atoms with Gasteiger partial charge in [-0.2, -0.15) is 0 Å². The van der Waals surface area contributed by atoms with Crippen molar-refractivity contribution >= 4 is 34.8 Å². The first kappa shape index (κ1) is 55.5. The van der Waals surface area contributed by atoms with E-state index in [4.69, 9.17) is 9.47 Å². The summed E-state index contributed by atoms with van der Waals surface area (Å²) in [4.78, 5) is 69.3. The van der Waals surface area contributed by atoms with Crippen molar-refractivity contribution in [3.8, 4) is 0 Å². The average Bonchev–Trinajstić information content (AvgIpc) is 2.84. The molecule has 1 amide bonds. The Kier molecular flexibility index (Phi) is 26.2. The lowest BCUT2D eigenvalue weighted by atomic mass is 9.82. The molecular weight excluding hydrogens is 648 g/mol. The van der Waals surface area contributed by atoms with E-state index >= 15 is 0 Å². The summed E-state index contributed by atoms with van der Waals surface area (Å²) in [5.41, 5.74) is -1.13. The molecule has 51 heavy (non-hydrogen) atoms. The van der Waals surface area contributed by atoms with Crippen molar-refractivity contribution in [3.05, 3.63) is 0 Å². The predicted molar refractivity (Wildman–Crippen MR) is 210 cm³/mol. The van der Waals surface area contributed by atoms with E-state index in [0.717, 1.165) is 6.54 Å². The molecule has 2 N–H and O–H groups in total. The Morgan fingerprint density at radius 3 is 1.22 bits per heavy atom. The van der Waals surface area contributed by atoms with E-state index < -0.39 is 10.8 Å². The van der Waals surface area contributed by atoms with E-state index in [9.17, 15) is 28.8 Å². The van der Waals surface area contributed by atoms with Crippen LogP contribution in [0.15, 0.2) is 0 Å². The van der Waals surface area contributed by atoms with Crippen LogP contribution in [0.1, 0.15) is 158 Å². The van der Waals surface area contributed by atoms with Crippen molar-refractivity contribution in [3.63, 3.8) is 0 Å². The molecule has 0 aromatic carbocycles. The number of rotatable bonds is 16. The molecule has 0 bridgehead atoms. The van der Waals surface area contributed by atoms with Crippen molar-refractivity contribution in [1.82, 2.24) is 10.6 Å². The molecule has 0 unspecified atom stereocenters. The van der Waals surface area contributed by atoms with Crippen molar-refractivity contribution in [2.75, 3.05) is 39.5 Å². The van der Waals surface area contributed by atoms with Gasteiger partial charge in [-0.3, -0.25) is 28.8 Å². The van der Waals surface area contributed by atoms with Crippen molar-refractivity contribution in [2.45, 2.75) is 163 Å². The molecule has 0 rings (SSSR count). The maximum absolute atomic E-state index is 11.6. The molecule has 302 valence electrons. The van der Waals surface area contributed by atoms with Crippen LogP contribution < -0.4 is 10.6 Å². The van der Waals surface area contributed by atoms with Crippen molar-refractivity contribution < 1.29 is 38.2 Å². The molecular formula is C41H80N2O8. The smallest absolute Gasteiger partial charge is 0.227 e. The summed E-state index contributed by atoms with van der Waals surface area (Å²) in [6.45, 7) is 37.2. The summed E-state index contributed by atoms with van der Waals surface area (Å²) < 4.78 is 10.5. The third-order valence-electron chi connectivity index (χ3n) is 6.61. The van der Waals surface area contributed by atoms with Gasteiger partial charge in [0.05, 0.1) is 26.1 Å². The van der Waals surface area contributed by atoms with Crippen LogP contribution in [0.4, 0.5) is 0 Å². The van der Waals surface area contributed by atoms with Gasteiger partial charge in [0.2, 0.25) is 5.91 Å². The molecule has 0 aromatic heterocycles. The average molecular weight is 729 g/mol. The number of carbonyl (C=O) groups is 6. The zero-order valence-corrected chi connectivity index (χ0v) is 35.3. The number of amides is 1. The molecule has 0 radical (unpaired) electrons. The third-order valence-corrected chi connectivity index (χ3v) is 6.61. The van der Waals surface area contributed by atoms with E-state index in [1.54, 1.807) is 0 Å². The number of Topliss-reactive ketones (excluding diaryl/α,β-unsaturated/α-hetero) is 5. The summed E-state index contributed by atoms with van der Waals surface area (Å²) in [5.74, 6) is -0.109. The monoisotopic (exact) mass is 729 g/mol. The maximum atomic E-state index is 11.6. The fraction of sp³-hybridized carbons (Fsp3) is 0.854. The molecule has 0 aliphatic carbocycles. The Morgan fingerprint density at radius 2 is 0.843 bits per heavy atom. The largest absolute Gasteiger partial charge is 0.372 e. The normalized spacial score (nSPS) is 12.3. The summed E-state index contributed by atoms with van der Waals surface area (Å²) in [7, 11) is 0. The quantitative estimate of drug-likeness (QED) is 0.120. The van der Waals surface area contributed by atoms with Crippen LogP contribution in [-0.2, 0) is 38.2 Å². The van der Waals surface area contributed by atoms with Crippen LogP contribution in [0.5, 0.6) is 0 Å². The molecule has 10 nitrogen and oxygen atoms in total. The van der Waals surface area contributed by atoms with E-state index in [-0.39, 0.29) is 96.7 Å². The Balaban J connectivity index is -0.000000336. The lowest BCUT2D eigenvalue weighted by Crippen LogP contribution is -2.38. The Labute approximate surface area is 313 Å². The van der Waals surface area contributed by atoms with E-state index in [2.05, 4.69) is 31.4 Å². The predicted octanol–water partition coefficient (Wildman–Crippen LogP) is 7.77. The molecule has 0 saturated heterocycles. The van der Waals surface area contributed by atoms with Crippen LogP contribution in [0.2, 0.25) is 0 Å². The van der Waals surface area contributed by atoms with Gasteiger partial charge in [0.15, 0.2) is 11.6 Å². The first-order valence-corrected chi connectivity index (χ1v) is 17.9. The van der Waals surface area contributed by atoms with Gasteiger partial charge in [-0.25, -0.2) is 0 Å². The van der Waals surface area contributed by atoms with Crippen LogP contribution in [-0.4, -0.2) is 79.9 Å². The van der Waals surface area contributed by atoms with E-state index in [0.29, 0.717) is 26.0 Å². The van der Waals surface area contributed by atoms with Crippen LogP contribution in [0.25, 0.3) is 0 Å². The number of nitrogens with one attached hydrogen (secondary N) is 2. The minimum Gasteiger partial charge on any atom is -0.372 e. The number of ether oxygens (including phenoxy) is 2. The minimum absolute atomic E-state index is 0. The molecule has 0 aliphatic heterocycles. The van der Waals surface area contributed by atoms with Crippen molar-refractivity contribution in [1.29, 1.82) is 0 Å². The lowest BCUT2D eigenvalue weighted by Gasteiger charge is -2.21. The first-order valence-electron chi connectivity index (χ1n) is 17.9. The Bertz CT molecular complexity index is 1040. The van der Waals surface area contributed by atoms with Gasteiger partial charge in [0.1, 0.15) is 30.6 Å². The van der Waals surface area contributed by atoms with Gasteiger partial charge >= 0.3 is 0 Å². The fourth-order valence-corrected chi connectivity index (χ4v) is 3.54. The van der Waals surface area contributed by atoms with Gasteiger partial charge < -0.3 is 20.1 Å². The second kappa shape index (κ2) is 24.1. The second-order valence-electron chi connectivity index (χ2n) is 19.6. The fourth-order valence-electron chi connectivity index (χ4n) is 3.54. The molecule has 0 atom stereocenters. The standard InChI is InChI=1S/C17H31NO4.C12H25NO2.C11H20O2.CH4/c1-16(2,3)10-13(19)9-15(21)18-7-8-22-12-14(20)11-17(4,5)6;1-11(2,3)10(14)9-15-8-7-13-12(4,5)6;1-10(2,3)8(12)7-9(13)11(4,5)6;/h7-12H2,1-6H3,(H,18,21);13H,7-9H2,1-6H3;7H2,1-6H3;1H4. The SMILES string of the molecule is C.CC(C)(C)C(=O)CC(=O)C(C)(C)C.CC(C)(C)CC(=O)COCCNC(=O)CC(=O)CC(C)(C)C.CC(C)(C)NCCOCC(=O)C(C)(C)C. The van der Waals surface area contributed by atoms with E-state index in [1.165, 1.54) is 0 Å². The number of carbonyl (C=O) groups excluding carboxylic acids is 6. The summed E-state index contributed by atoms with van der Waals surface area (Å²) in [6.07, 6.45) is 0.826. The Morgan fingerprint density at radius 1 is 0.471 bits per heavy atom.